The van der Waals surface area contributed by atoms with Crippen molar-refractivity contribution < 1.29 is 29.1 Å². The number of carbonyl (C=O) groups excluding carboxylic acids is 1. The summed E-state index contributed by atoms with van der Waals surface area (Å²) >= 11 is 1.53. The van der Waals surface area contributed by atoms with Gasteiger partial charge in [0.2, 0.25) is 5.91 Å². The van der Waals surface area contributed by atoms with Crippen molar-refractivity contribution in [2.24, 2.45) is 11.8 Å². The number of aliphatic carboxylic acids is 1. The maximum Gasteiger partial charge on any atom is 0.353 e. The van der Waals surface area contributed by atoms with Crippen LogP contribution in [0.25, 0.3) is 6.08 Å². The lowest BCUT2D eigenvalue weighted by atomic mass is 9.79. The Morgan fingerprint density at radius 1 is 1.53 bits per heavy atom. The molecule has 1 aromatic heterocycles. The van der Waals surface area contributed by atoms with Crippen LogP contribution in [0.5, 0.6) is 5.88 Å². The molecular weight excluding hydrogens is 410 g/mol. The molecular formula is C20H25N3O6S. The predicted molar refractivity (Wildman–Crippen MR) is 110 cm³/mol. The third-order valence-corrected chi connectivity index (χ3v) is 7.45. The molecule has 3 N–H and O–H groups in total. The summed E-state index contributed by atoms with van der Waals surface area (Å²) < 4.78 is 10.1. The van der Waals surface area contributed by atoms with E-state index in [0.717, 1.165) is 17.9 Å². The van der Waals surface area contributed by atoms with Crippen molar-refractivity contribution in [3.05, 3.63) is 28.5 Å². The summed E-state index contributed by atoms with van der Waals surface area (Å²) in [7, 11) is 1.52. The fraction of sp³-hybridized carbons (Fsp3) is 0.550. The normalized spacial score (nSPS) is 31.9. The van der Waals surface area contributed by atoms with Crippen LogP contribution in [0.3, 0.4) is 0 Å². The predicted octanol–water partition coefficient (Wildman–Crippen LogP) is 1.31. The van der Waals surface area contributed by atoms with Crippen molar-refractivity contribution in [3.8, 4) is 5.88 Å². The van der Waals surface area contributed by atoms with Gasteiger partial charge < -0.3 is 29.7 Å². The van der Waals surface area contributed by atoms with E-state index in [-0.39, 0.29) is 34.9 Å². The maximum atomic E-state index is 12.4. The average Bonchev–Trinajstić information content (AvgIpc) is 3.39. The smallest absolute Gasteiger partial charge is 0.353 e. The number of carboxylic acid groups (broad SMARTS) is 1. The third kappa shape index (κ3) is 3.52. The van der Waals surface area contributed by atoms with E-state index in [1.165, 1.54) is 23.8 Å². The second-order valence-electron chi connectivity index (χ2n) is 7.89. The van der Waals surface area contributed by atoms with Crippen LogP contribution < -0.4 is 10.1 Å². The van der Waals surface area contributed by atoms with Gasteiger partial charge in [-0.25, -0.2) is 4.79 Å². The number of nitrogens with zero attached hydrogens (tertiary/aromatic N) is 2. The first-order valence-electron chi connectivity index (χ1n) is 9.89. The molecule has 0 radical (unpaired) electrons. The highest BCUT2D eigenvalue weighted by molar-refractivity contribution is 8.03. The van der Waals surface area contributed by atoms with Gasteiger partial charge >= 0.3 is 5.97 Å². The Balaban J connectivity index is 1.44. The van der Waals surface area contributed by atoms with E-state index in [1.54, 1.807) is 13.0 Å². The molecule has 1 amide bonds. The molecule has 10 heteroatoms. The number of β-lactam (4-membered cyclic amide) rings is 1. The van der Waals surface area contributed by atoms with Crippen LogP contribution in [0.2, 0.25) is 0 Å². The maximum absolute atomic E-state index is 12.4. The number of thioether (sulfide) groups is 1. The molecule has 4 heterocycles. The highest BCUT2D eigenvalue weighted by atomic mass is 32.2. The molecule has 6 atom stereocenters. The number of aliphatic hydroxyl groups excluding tert-OH is 1. The van der Waals surface area contributed by atoms with Gasteiger partial charge in [-0.1, -0.05) is 13.0 Å². The van der Waals surface area contributed by atoms with Gasteiger partial charge in [0, 0.05) is 34.7 Å². The molecule has 1 aromatic rings. The Bertz CT molecular complexity index is 910. The average molecular weight is 436 g/mol. The minimum atomic E-state index is -1.09. The lowest BCUT2D eigenvalue weighted by Gasteiger charge is -2.46. The quantitative estimate of drug-likeness (QED) is 0.544. The topological polar surface area (TPSA) is 125 Å². The van der Waals surface area contributed by atoms with E-state index >= 15 is 0 Å². The van der Waals surface area contributed by atoms with Gasteiger partial charge in [-0.15, -0.1) is 11.8 Å². The summed E-state index contributed by atoms with van der Waals surface area (Å²) in [4.78, 5) is 26.4. The summed E-state index contributed by atoms with van der Waals surface area (Å²) in [6, 6.07) is 1.53. The Morgan fingerprint density at radius 3 is 2.93 bits per heavy atom. The number of carboxylic acids is 1. The van der Waals surface area contributed by atoms with E-state index in [4.69, 9.17) is 9.26 Å². The molecule has 4 rings (SSSR count). The van der Waals surface area contributed by atoms with Crippen LogP contribution in [-0.4, -0.2) is 69.2 Å². The van der Waals surface area contributed by atoms with E-state index in [0.29, 0.717) is 11.6 Å². The van der Waals surface area contributed by atoms with Gasteiger partial charge in [0.15, 0.2) is 5.76 Å². The minimum Gasteiger partial charge on any atom is -0.479 e. The van der Waals surface area contributed by atoms with Gasteiger partial charge in [0.1, 0.15) is 5.70 Å². The summed E-state index contributed by atoms with van der Waals surface area (Å²) in [6.07, 6.45) is 3.84. The lowest BCUT2D eigenvalue weighted by molar-refractivity contribution is -0.163. The lowest BCUT2D eigenvalue weighted by Crippen LogP contribution is -2.63. The molecule has 0 aliphatic carbocycles. The number of methoxy groups -OCH3 is 1. The van der Waals surface area contributed by atoms with Crippen LogP contribution in [0.15, 0.2) is 27.3 Å². The first-order valence-corrected chi connectivity index (χ1v) is 10.8. The van der Waals surface area contributed by atoms with Crippen LogP contribution >= 0.6 is 11.8 Å². The number of hydrogen-bond donors (Lipinski definition) is 3. The van der Waals surface area contributed by atoms with Gasteiger partial charge in [0.05, 0.1) is 25.2 Å². The molecule has 0 aromatic carbocycles. The van der Waals surface area contributed by atoms with Crippen molar-refractivity contribution in [2.45, 2.75) is 43.7 Å². The summed E-state index contributed by atoms with van der Waals surface area (Å²) in [5.74, 6) is -1.04. The second-order valence-corrected chi connectivity index (χ2v) is 9.24. The van der Waals surface area contributed by atoms with Crippen molar-refractivity contribution >= 4 is 29.7 Å². The highest BCUT2D eigenvalue weighted by Crippen LogP contribution is 2.51. The number of aromatic nitrogens is 1. The van der Waals surface area contributed by atoms with E-state index in [1.807, 2.05) is 19.1 Å². The standard InChI is InChI=1S/C20H25N3O6S/c1-9-16-15(10(2)24)19(25)23(16)17(20(26)27)18(9)30-13-6-11(21-8-13)4-5-12-7-14(28-3)22-29-12/h4-5,7,9-11,13,15-16,21,24H,6,8H2,1-3H3,(H,26,27)/b5-4+/t9-,10-,11-,13+,15-,16-/m1/s1. The molecule has 3 aliphatic heterocycles. The largest absolute Gasteiger partial charge is 0.479 e. The number of aliphatic hydroxyl groups is 1. The van der Waals surface area contributed by atoms with Crippen LogP contribution in [0.1, 0.15) is 26.0 Å². The molecule has 3 aliphatic rings. The Hall–Kier alpha value is -2.30. The Labute approximate surface area is 178 Å². The SMILES string of the molecule is COc1cc(/C=C/[C@@H]2C[C@H](SC3=C(C(=O)O)N4C(=O)[C@H]([C@@H](C)O)[C@H]4[C@H]3C)CN2)on1. The summed E-state index contributed by atoms with van der Waals surface area (Å²) in [6.45, 7) is 4.25. The molecule has 9 nitrogen and oxygen atoms in total. The van der Waals surface area contributed by atoms with E-state index in [9.17, 15) is 19.8 Å². The van der Waals surface area contributed by atoms with Crippen LogP contribution in [0, 0.1) is 11.8 Å². The van der Waals surface area contributed by atoms with Crippen molar-refractivity contribution in [1.29, 1.82) is 0 Å². The molecule has 0 spiro atoms. The first-order chi connectivity index (χ1) is 14.3. The molecule has 0 bridgehead atoms. The Kier molecular flexibility index (Phi) is 5.65. The minimum absolute atomic E-state index is 0.0761. The van der Waals surface area contributed by atoms with E-state index < -0.39 is 18.0 Å². The number of hydrogen-bond acceptors (Lipinski definition) is 8. The Morgan fingerprint density at radius 2 is 2.30 bits per heavy atom. The van der Waals surface area contributed by atoms with Gasteiger partial charge in [-0.3, -0.25) is 4.79 Å². The summed E-state index contributed by atoms with van der Waals surface area (Å²) in [5.41, 5.74) is 0.0761. The fourth-order valence-corrected chi connectivity index (χ4v) is 5.98. The zero-order valence-electron chi connectivity index (χ0n) is 16.9. The van der Waals surface area contributed by atoms with Crippen molar-refractivity contribution in [1.82, 2.24) is 15.4 Å². The van der Waals surface area contributed by atoms with Crippen LogP contribution in [0.4, 0.5) is 0 Å². The molecule has 162 valence electrons. The van der Waals surface area contributed by atoms with Gasteiger partial charge in [-0.05, 0) is 24.6 Å². The van der Waals surface area contributed by atoms with Crippen molar-refractivity contribution in [3.63, 3.8) is 0 Å². The molecule has 0 unspecified atom stereocenters. The second kappa shape index (κ2) is 8.09. The first kappa shape index (κ1) is 21.0. The number of carbonyl (C=O) groups is 2. The summed E-state index contributed by atoms with van der Waals surface area (Å²) in [5, 5.41) is 27.0. The van der Waals surface area contributed by atoms with Crippen LogP contribution in [-0.2, 0) is 9.59 Å². The van der Waals surface area contributed by atoms with E-state index in [2.05, 4.69) is 10.5 Å². The highest BCUT2D eigenvalue weighted by Gasteiger charge is 2.60. The third-order valence-electron chi connectivity index (χ3n) is 5.94. The van der Waals surface area contributed by atoms with Gasteiger partial charge in [-0.2, -0.15) is 0 Å². The molecule has 2 fully saturated rings. The van der Waals surface area contributed by atoms with Crippen molar-refractivity contribution in [2.75, 3.05) is 13.7 Å². The molecule has 30 heavy (non-hydrogen) atoms. The monoisotopic (exact) mass is 435 g/mol. The zero-order chi connectivity index (χ0) is 21.6. The number of nitrogens with one attached hydrogen (secondary N) is 1. The molecule has 2 saturated heterocycles. The number of amides is 1. The number of ether oxygens (including phenoxy) is 1. The number of fused-ring (bicyclic) bond motifs is 1. The molecule has 0 saturated carbocycles. The fourth-order valence-electron chi connectivity index (χ4n) is 4.49. The number of rotatable bonds is 7. The van der Waals surface area contributed by atoms with Gasteiger partial charge in [0.25, 0.3) is 5.88 Å². The zero-order valence-corrected chi connectivity index (χ0v) is 17.8.